The first-order chi connectivity index (χ1) is 13.4. The summed E-state index contributed by atoms with van der Waals surface area (Å²) in [6.07, 6.45) is 3.40. The van der Waals surface area contributed by atoms with Crippen LogP contribution in [-0.2, 0) is 21.3 Å². The SMILES string of the molecule is CS(=O)(=O)NC[C@H]1[C@H]2CN(Cc3nnc(-c4ccccc4)o3)C[C@]23CC[C@H]1O3. The lowest BCUT2D eigenvalue weighted by Crippen LogP contribution is -2.41. The fourth-order valence-electron chi connectivity index (χ4n) is 5.13. The second-order valence-electron chi connectivity index (χ2n) is 8.19. The van der Waals surface area contributed by atoms with Gasteiger partial charge in [-0.15, -0.1) is 10.2 Å². The number of nitrogens with zero attached hydrogens (tertiary/aromatic N) is 3. The first-order valence-electron chi connectivity index (χ1n) is 9.64. The number of benzene rings is 1. The quantitative estimate of drug-likeness (QED) is 0.774. The highest BCUT2D eigenvalue weighted by Gasteiger charge is 2.62. The van der Waals surface area contributed by atoms with Gasteiger partial charge in [-0.25, -0.2) is 13.1 Å². The predicted octanol–water partition coefficient (Wildman–Crippen LogP) is 1.27. The molecule has 28 heavy (non-hydrogen) atoms. The van der Waals surface area contributed by atoms with Crippen molar-refractivity contribution in [2.75, 3.05) is 25.9 Å². The van der Waals surface area contributed by atoms with Gasteiger partial charge in [0.25, 0.3) is 0 Å². The Balaban J connectivity index is 1.27. The van der Waals surface area contributed by atoms with E-state index in [2.05, 4.69) is 19.8 Å². The van der Waals surface area contributed by atoms with E-state index in [-0.39, 0.29) is 17.6 Å². The second-order valence-corrected chi connectivity index (χ2v) is 10.0. The fraction of sp³-hybridized carbons (Fsp3) is 0.579. The lowest BCUT2D eigenvalue weighted by atomic mass is 9.74. The molecule has 3 aliphatic rings. The van der Waals surface area contributed by atoms with Gasteiger partial charge in [-0.3, -0.25) is 4.90 Å². The van der Waals surface area contributed by atoms with Crippen molar-refractivity contribution in [1.29, 1.82) is 0 Å². The van der Waals surface area contributed by atoms with Gasteiger partial charge in [-0.05, 0) is 25.0 Å². The Labute approximate surface area is 164 Å². The molecule has 5 rings (SSSR count). The standard InChI is InChI=1S/C19H24N4O4S/c1-28(24,25)20-9-14-15-10-23(12-19(15)8-7-16(14)27-19)11-17-21-22-18(26-17)13-5-3-2-4-6-13/h2-6,14-16,20H,7-12H2,1H3/t14-,15+,16+,19+/m0/s1. The van der Waals surface area contributed by atoms with E-state index in [1.807, 2.05) is 30.3 Å². The normalized spacial score (nSPS) is 32.1. The maximum absolute atomic E-state index is 11.5. The van der Waals surface area contributed by atoms with E-state index in [0.29, 0.717) is 30.8 Å². The molecule has 150 valence electrons. The van der Waals surface area contributed by atoms with Gasteiger partial charge in [-0.1, -0.05) is 18.2 Å². The Morgan fingerprint density at radius 1 is 1.29 bits per heavy atom. The number of hydrogen-bond donors (Lipinski definition) is 1. The number of aromatic nitrogens is 2. The van der Waals surface area contributed by atoms with Crippen molar-refractivity contribution in [2.24, 2.45) is 11.8 Å². The van der Waals surface area contributed by atoms with Gasteiger partial charge in [0.1, 0.15) is 0 Å². The molecule has 3 fully saturated rings. The molecular weight excluding hydrogens is 380 g/mol. The Bertz CT molecular complexity index is 963. The summed E-state index contributed by atoms with van der Waals surface area (Å²) in [5.74, 6) is 1.67. The molecule has 0 aliphatic carbocycles. The molecule has 1 N–H and O–H groups in total. The van der Waals surface area contributed by atoms with Crippen molar-refractivity contribution in [2.45, 2.75) is 31.1 Å². The summed E-state index contributed by atoms with van der Waals surface area (Å²) in [4.78, 5) is 2.29. The van der Waals surface area contributed by atoms with Crippen LogP contribution in [-0.4, -0.2) is 61.1 Å². The molecule has 1 aromatic carbocycles. The molecule has 9 heteroatoms. The number of nitrogens with one attached hydrogen (secondary N) is 1. The maximum Gasteiger partial charge on any atom is 0.247 e. The van der Waals surface area contributed by atoms with Gasteiger partial charge in [0.15, 0.2) is 0 Å². The summed E-state index contributed by atoms with van der Waals surface area (Å²) in [6.45, 7) is 2.71. The Hall–Kier alpha value is -1.81. The first-order valence-corrected chi connectivity index (χ1v) is 11.5. The topological polar surface area (TPSA) is 97.6 Å². The third-order valence-electron chi connectivity index (χ3n) is 6.28. The summed E-state index contributed by atoms with van der Waals surface area (Å²) in [6, 6.07) is 9.73. The summed E-state index contributed by atoms with van der Waals surface area (Å²) in [7, 11) is -3.20. The van der Waals surface area contributed by atoms with Crippen LogP contribution >= 0.6 is 0 Å². The van der Waals surface area contributed by atoms with E-state index < -0.39 is 10.0 Å². The molecular formula is C19H24N4O4S. The number of fused-ring (bicyclic) bond motifs is 1. The number of ether oxygens (including phenoxy) is 1. The molecule has 0 saturated carbocycles. The van der Waals surface area contributed by atoms with E-state index in [1.165, 1.54) is 6.26 Å². The summed E-state index contributed by atoms with van der Waals surface area (Å²) in [5.41, 5.74) is 0.753. The van der Waals surface area contributed by atoms with Crippen LogP contribution in [0, 0.1) is 11.8 Å². The Morgan fingerprint density at radius 3 is 2.89 bits per heavy atom. The van der Waals surface area contributed by atoms with Crippen molar-refractivity contribution in [3.63, 3.8) is 0 Å². The van der Waals surface area contributed by atoms with Crippen LogP contribution in [0.5, 0.6) is 0 Å². The van der Waals surface area contributed by atoms with Gasteiger partial charge < -0.3 is 9.15 Å². The second kappa shape index (κ2) is 6.62. The smallest absolute Gasteiger partial charge is 0.247 e. The van der Waals surface area contributed by atoms with Crippen molar-refractivity contribution in [3.05, 3.63) is 36.2 Å². The Morgan fingerprint density at radius 2 is 2.11 bits per heavy atom. The highest BCUT2D eigenvalue weighted by Crippen LogP contribution is 2.54. The van der Waals surface area contributed by atoms with Crippen molar-refractivity contribution < 1.29 is 17.6 Å². The van der Waals surface area contributed by atoms with Crippen molar-refractivity contribution in [3.8, 4) is 11.5 Å². The molecule has 1 aromatic heterocycles. The molecule has 2 aromatic rings. The summed E-state index contributed by atoms with van der Waals surface area (Å²) in [5, 5.41) is 8.37. The Kier molecular flexibility index (Phi) is 4.31. The lowest BCUT2D eigenvalue weighted by molar-refractivity contribution is 0.00164. The predicted molar refractivity (Wildman–Crippen MR) is 102 cm³/mol. The van der Waals surface area contributed by atoms with Crippen molar-refractivity contribution >= 4 is 10.0 Å². The van der Waals surface area contributed by atoms with Crippen LogP contribution in [0.15, 0.2) is 34.7 Å². The van der Waals surface area contributed by atoms with Crippen LogP contribution in [0.2, 0.25) is 0 Å². The molecule has 1 spiro atoms. The van der Waals surface area contributed by atoms with Gasteiger partial charge >= 0.3 is 0 Å². The number of sulfonamides is 1. The molecule has 4 atom stereocenters. The fourth-order valence-corrected chi connectivity index (χ4v) is 5.63. The number of likely N-dealkylation sites (tertiary alicyclic amines) is 1. The highest BCUT2D eigenvalue weighted by atomic mass is 32.2. The molecule has 0 radical (unpaired) electrons. The average Bonchev–Trinajstić information content (AvgIpc) is 3.40. The van der Waals surface area contributed by atoms with Gasteiger partial charge in [0.05, 0.1) is 24.5 Å². The zero-order valence-corrected chi connectivity index (χ0v) is 16.6. The van der Waals surface area contributed by atoms with Crippen LogP contribution in [0.25, 0.3) is 11.5 Å². The van der Waals surface area contributed by atoms with Crippen molar-refractivity contribution in [1.82, 2.24) is 19.8 Å². The monoisotopic (exact) mass is 404 g/mol. The minimum atomic E-state index is -3.20. The third-order valence-corrected chi connectivity index (χ3v) is 6.97. The van der Waals surface area contributed by atoms with E-state index in [9.17, 15) is 8.42 Å². The average molecular weight is 404 g/mol. The molecule has 2 bridgehead atoms. The maximum atomic E-state index is 11.5. The molecule has 0 unspecified atom stereocenters. The van der Waals surface area contributed by atoms with E-state index in [1.54, 1.807) is 0 Å². The molecule has 8 nitrogen and oxygen atoms in total. The summed E-state index contributed by atoms with van der Waals surface area (Å²) >= 11 is 0. The molecule has 3 aliphatic heterocycles. The molecule has 0 amide bonds. The summed E-state index contributed by atoms with van der Waals surface area (Å²) < 4.78 is 37.9. The van der Waals surface area contributed by atoms with Gasteiger partial charge in [0.2, 0.25) is 21.8 Å². The number of rotatable bonds is 6. The largest absolute Gasteiger partial charge is 0.419 e. The van der Waals surface area contributed by atoms with E-state index in [0.717, 1.165) is 31.5 Å². The van der Waals surface area contributed by atoms with Crippen LogP contribution < -0.4 is 4.72 Å². The van der Waals surface area contributed by atoms with E-state index in [4.69, 9.17) is 9.15 Å². The lowest BCUT2D eigenvalue weighted by Gasteiger charge is -2.29. The zero-order chi connectivity index (χ0) is 19.4. The zero-order valence-electron chi connectivity index (χ0n) is 15.7. The molecule has 4 heterocycles. The van der Waals surface area contributed by atoms with Gasteiger partial charge in [0, 0.05) is 37.0 Å². The highest BCUT2D eigenvalue weighted by molar-refractivity contribution is 7.88. The first kappa shape index (κ1) is 18.2. The van der Waals surface area contributed by atoms with Crippen LogP contribution in [0.4, 0.5) is 0 Å². The van der Waals surface area contributed by atoms with Crippen LogP contribution in [0.3, 0.4) is 0 Å². The third kappa shape index (κ3) is 3.26. The molecule has 3 saturated heterocycles. The minimum absolute atomic E-state index is 0.156. The van der Waals surface area contributed by atoms with Crippen LogP contribution in [0.1, 0.15) is 18.7 Å². The van der Waals surface area contributed by atoms with E-state index >= 15 is 0 Å². The minimum Gasteiger partial charge on any atom is -0.419 e. The number of hydrogen-bond acceptors (Lipinski definition) is 7. The van der Waals surface area contributed by atoms with Gasteiger partial charge in [-0.2, -0.15) is 0 Å².